The molecule has 0 aliphatic heterocycles. The molecule has 20 heavy (non-hydrogen) atoms. The molecule has 2 bridgehead atoms. The van der Waals surface area contributed by atoms with Gasteiger partial charge >= 0.3 is 0 Å². The van der Waals surface area contributed by atoms with Crippen LogP contribution in [0.2, 0.25) is 0 Å². The lowest BCUT2D eigenvalue weighted by atomic mass is 9.70. The van der Waals surface area contributed by atoms with Crippen LogP contribution >= 0.6 is 0 Å². The fourth-order valence-electron chi connectivity index (χ4n) is 3.99. The summed E-state index contributed by atoms with van der Waals surface area (Å²) in [6, 6.07) is 0. The zero-order valence-electron chi connectivity index (χ0n) is 13.0. The van der Waals surface area contributed by atoms with Crippen molar-refractivity contribution in [3.63, 3.8) is 0 Å². The molecular weight excluding hydrogens is 274 g/mol. The van der Waals surface area contributed by atoms with E-state index in [9.17, 15) is 13.2 Å². The van der Waals surface area contributed by atoms with Crippen molar-refractivity contribution in [2.24, 2.45) is 22.7 Å². The van der Waals surface area contributed by atoms with Crippen LogP contribution in [0.1, 0.15) is 53.4 Å². The van der Waals surface area contributed by atoms with E-state index in [1.165, 1.54) is 0 Å². The van der Waals surface area contributed by atoms with Crippen LogP contribution in [0.15, 0.2) is 0 Å². The van der Waals surface area contributed by atoms with Crippen molar-refractivity contribution in [1.29, 1.82) is 0 Å². The zero-order chi connectivity index (χ0) is 15.2. The molecular formula is C15H27NO3S. The Hall–Kier alpha value is -0.420. The second-order valence-electron chi connectivity index (χ2n) is 7.50. The van der Waals surface area contributed by atoms with E-state index in [4.69, 9.17) is 0 Å². The predicted molar refractivity (Wildman–Crippen MR) is 79.8 cm³/mol. The van der Waals surface area contributed by atoms with Gasteiger partial charge in [0.2, 0.25) is 10.0 Å². The molecule has 0 radical (unpaired) electrons. The van der Waals surface area contributed by atoms with Crippen LogP contribution in [0.25, 0.3) is 0 Å². The molecule has 2 saturated carbocycles. The molecule has 2 rings (SSSR count). The Labute approximate surface area is 122 Å². The fraction of sp³-hybridized carbons (Fsp3) is 0.933. The van der Waals surface area contributed by atoms with E-state index in [1.807, 2.05) is 0 Å². The third-order valence-electron chi connectivity index (χ3n) is 5.62. The van der Waals surface area contributed by atoms with Gasteiger partial charge in [0.1, 0.15) is 5.78 Å². The summed E-state index contributed by atoms with van der Waals surface area (Å²) in [5.41, 5.74) is -0.835. The summed E-state index contributed by atoms with van der Waals surface area (Å²) in [7, 11) is -3.38. The summed E-state index contributed by atoms with van der Waals surface area (Å²) in [6.07, 6.45) is 3.11. The number of hydrogen-bond acceptors (Lipinski definition) is 3. The maximum atomic E-state index is 12.3. The lowest BCUT2D eigenvalue weighted by molar-refractivity contribution is -0.128. The average molecular weight is 301 g/mol. The van der Waals surface area contributed by atoms with Crippen molar-refractivity contribution >= 4 is 15.8 Å². The van der Waals surface area contributed by atoms with Crippen molar-refractivity contribution in [2.45, 2.75) is 53.4 Å². The highest BCUT2D eigenvalue weighted by atomic mass is 32.2. The first-order valence-electron chi connectivity index (χ1n) is 7.61. The monoisotopic (exact) mass is 301 g/mol. The van der Waals surface area contributed by atoms with E-state index < -0.39 is 15.4 Å². The van der Waals surface area contributed by atoms with Crippen LogP contribution < -0.4 is 4.72 Å². The summed E-state index contributed by atoms with van der Waals surface area (Å²) in [6.45, 7) is 8.74. The predicted octanol–water partition coefficient (Wildman–Crippen LogP) is 2.35. The lowest BCUT2D eigenvalue weighted by Gasteiger charge is -2.36. The van der Waals surface area contributed by atoms with Crippen molar-refractivity contribution in [2.75, 3.05) is 12.3 Å². The van der Waals surface area contributed by atoms with Gasteiger partial charge in [-0.25, -0.2) is 13.1 Å². The number of carbonyl (C=O) groups excluding carboxylic acids is 1. The Kier molecular flexibility index (Phi) is 4.06. The first-order valence-corrected chi connectivity index (χ1v) is 9.26. The van der Waals surface area contributed by atoms with Gasteiger partial charge in [-0.2, -0.15) is 0 Å². The largest absolute Gasteiger partial charge is 0.299 e. The van der Waals surface area contributed by atoms with Crippen LogP contribution in [0, 0.1) is 22.7 Å². The smallest absolute Gasteiger partial charge is 0.212 e. The van der Waals surface area contributed by atoms with Gasteiger partial charge in [-0.1, -0.05) is 27.7 Å². The number of ketones is 1. The molecule has 5 heteroatoms. The Morgan fingerprint density at radius 1 is 1.35 bits per heavy atom. The maximum Gasteiger partial charge on any atom is 0.212 e. The number of hydrogen-bond donors (Lipinski definition) is 1. The summed E-state index contributed by atoms with van der Waals surface area (Å²) < 4.78 is 27.3. The second kappa shape index (κ2) is 5.09. The van der Waals surface area contributed by atoms with Gasteiger partial charge in [-0.05, 0) is 36.5 Å². The van der Waals surface area contributed by atoms with Gasteiger partial charge in [0, 0.05) is 18.4 Å². The van der Waals surface area contributed by atoms with Crippen molar-refractivity contribution in [3.05, 3.63) is 0 Å². The normalized spacial score (nSPS) is 32.2. The summed E-state index contributed by atoms with van der Waals surface area (Å²) >= 11 is 0. The Balaban J connectivity index is 2.10. The molecule has 0 aromatic carbocycles. The molecule has 0 heterocycles. The molecule has 2 aliphatic rings. The Morgan fingerprint density at radius 2 is 2.00 bits per heavy atom. The van der Waals surface area contributed by atoms with E-state index in [1.54, 1.807) is 0 Å². The van der Waals surface area contributed by atoms with Crippen molar-refractivity contribution in [3.8, 4) is 0 Å². The number of sulfonamides is 1. The first-order chi connectivity index (χ1) is 9.11. The molecule has 2 fully saturated rings. The Morgan fingerprint density at radius 3 is 2.45 bits per heavy atom. The number of fused-ring (bicyclic) bond motifs is 2. The van der Waals surface area contributed by atoms with Gasteiger partial charge in [0.25, 0.3) is 0 Å². The maximum absolute atomic E-state index is 12.3. The standard InChI is InChI=1S/C15H27NO3S/c1-11(2)6-8-16-20(18,19)10-15-7-5-12(9-13(15)17)14(15,3)4/h11-12,16H,5-10H2,1-4H3/t12-,15-/m0/s1. The highest BCUT2D eigenvalue weighted by Gasteiger charge is 2.65. The quantitative estimate of drug-likeness (QED) is 0.819. The third kappa shape index (κ3) is 2.54. The van der Waals surface area contributed by atoms with E-state index in [0.717, 1.165) is 19.3 Å². The van der Waals surface area contributed by atoms with Crippen LogP contribution in [-0.4, -0.2) is 26.5 Å². The number of nitrogens with one attached hydrogen (secondary N) is 1. The number of rotatable bonds is 6. The van der Waals surface area contributed by atoms with Gasteiger partial charge < -0.3 is 0 Å². The van der Waals surface area contributed by atoms with Crippen LogP contribution in [0.5, 0.6) is 0 Å². The molecule has 0 spiro atoms. The topological polar surface area (TPSA) is 63.2 Å². The summed E-state index contributed by atoms with van der Waals surface area (Å²) in [5.74, 6) is 0.964. The highest BCUT2D eigenvalue weighted by molar-refractivity contribution is 7.89. The van der Waals surface area contributed by atoms with Crippen molar-refractivity contribution in [1.82, 2.24) is 4.72 Å². The molecule has 2 aliphatic carbocycles. The molecule has 4 nitrogen and oxygen atoms in total. The minimum atomic E-state index is -3.38. The SMILES string of the molecule is CC(C)CCNS(=O)(=O)C[C@@]12CC[C@@H](CC1=O)C2(C)C. The van der Waals surface area contributed by atoms with Crippen LogP contribution in [0.3, 0.4) is 0 Å². The van der Waals surface area contributed by atoms with Gasteiger partial charge in [0.15, 0.2) is 0 Å². The molecule has 2 atom stereocenters. The van der Waals surface area contributed by atoms with Gasteiger partial charge in [-0.3, -0.25) is 4.79 Å². The minimum absolute atomic E-state index is 0.0274. The van der Waals surface area contributed by atoms with E-state index in [0.29, 0.717) is 24.8 Å². The van der Waals surface area contributed by atoms with Crippen molar-refractivity contribution < 1.29 is 13.2 Å². The first kappa shape index (κ1) is 16.0. The molecule has 0 saturated heterocycles. The molecule has 0 amide bonds. The van der Waals surface area contributed by atoms with Gasteiger partial charge in [-0.15, -0.1) is 0 Å². The van der Waals surface area contributed by atoms with E-state index in [2.05, 4.69) is 32.4 Å². The summed E-state index contributed by atoms with van der Waals surface area (Å²) in [5, 5.41) is 0. The molecule has 0 unspecified atom stereocenters. The number of carbonyl (C=O) groups is 1. The highest BCUT2D eigenvalue weighted by Crippen LogP contribution is 2.64. The lowest BCUT2D eigenvalue weighted by Crippen LogP contribution is -2.45. The van der Waals surface area contributed by atoms with Crippen LogP contribution in [0.4, 0.5) is 0 Å². The Bertz CT molecular complexity index is 495. The second-order valence-corrected chi connectivity index (χ2v) is 9.31. The van der Waals surface area contributed by atoms with E-state index >= 15 is 0 Å². The number of Topliss-reactive ketones (excluding diaryl/α,β-unsaturated/α-hetero) is 1. The molecule has 0 aromatic rings. The minimum Gasteiger partial charge on any atom is -0.299 e. The van der Waals surface area contributed by atoms with E-state index in [-0.39, 0.29) is 17.0 Å². The molecule has 0 aromatic heterocycles. The molecule has 116 valence electrons. The van der Waals surface area contributed by atoms with Gasteiger partial charge in [0.05, 0.1) is 5.75 Å². The molecule has 1 N–H and O–H groups in total. The fourth-order valence-corrected chi connectivity index (χ4v) is 5.84. The zero-order valence-corrected chi connectivity index (χ0v) is 13.8. The summed E-state index contributed by atoms with van der Waals surface area (Å²) in [4.78, 5) is 12.3. The average Bonchev–Trinajstić information content (AvgIpc) is 2.61. The van der Waals surface area contributed by atoms with Crippen LogP contribution in [-0.2, 0) is 14.8 Å². The third-order valence-corrected chi connectivity index (χ3v) is 7.14.